The molecule has 2 rings (SSSR count). The van der Waals surface area contributed by atoms with Crippen molar-refractivity contribution in [2.24, 2.45) is 0 Å². The largest absolute Gasteiger partial charge is 0.466 e. The van der Waals surface area contributed by atoms with Crippen LogP contribution in [0.5, 0.6) is 0 Å². The third-order valence-corrected chi connectivity index (χ3v) is 6.22. The molecule has 0 aromatic carbocycles. The number of esters is 1. The molecule has 0 unspecified atom stereocenters. The standard InChI is InChI=1S/C15H24N2O2S2/c1-3-19-13(18)7-6-12-10-21-14(17-12)16-11-15(20-2)8-4-5-9-15/h10H,3-9,11H2,1-2H3,(H,16,17). The number of anilines is 1. The predicted octanol–water partition coefficient (Wildman–Crippen LogP) is 3.73. The zero-order valence-corrected chi connectivity index (χ0v) is 14.4. The maximum absolute atomic E-state index is 11.3. The lowest BCUT2D eigenvalue weighted by molar-refractivity contribution is -0.143. The number of ether oxygens (including phenoxy) is 1. The van der Waals surface area contributed by atoms with Gasteiger partial charge in [0.15, 0.2) is 5.13 Å². The van der Waals surface area contributed by atoms with Gasteiger partial charge in [-0.1, -0.05) is 12.8 Å². The van der Waals surface area contributed by atoms with Crippen LogP contribution < -0.4 is 5.32 Å². The molecule has 0 atom stereocenters. The SMILES string of the molecule is CCOC(=O)CCc1csc(NCC2(SC)CCCC2)n1. The summed E-state index contributed by atoms with van der Waals surface area (Å²) in [5, 5.41) is 6.48. The Labute approximate surface area is 135 Å². The lowest BCUT2D eigenvalue weighted by Gasteiger charge is -2.26. The van der Waals surface area contributed by atoms with Crippen LogP contribution in [0.1, 0.15) is 44.7 Å². The maximum atomic E-state index is 11.3. The molecule has 6 heteroatoms. The van der Waals surface area contributed by atoms with Gasteiger partial charge in [-0.2, -0.15) is 11.8 Å². The van der Waals surface area contributed by atoms with E-state index in [0.717, 1.165) is 17.4 Å². The number of aromatic nitrogens is 1. The summed E-state index contributed by atoms with van der Waals surface area (Å²) in [7, 11) is 0. The molecule has 1 saturated carbocycles. The average Bonchev–Trinajstić information content (AvgIpc) is 3.13. The Balaban J connectivity index is 1.79. The lowest BCUT2D eigenvalue weighted by atomic mass is 10.1. The van der Waals surface area contributed by atoms with Crippen LogP contribution in [0.3, 0.4) is 0 Å². The summed E-state index contributed by atoms with van der Waals surface area (Å²) in [5.41, 5.74) is 0.972. The van der Waals surface area contributed by atoms with Crippen molar-refractivity contribution in [3.63, 3.8) is 0 Å². The number of rotatable bonds is 8. The van der Waals surface area contributed by atoms with Gasteiger partial charge in [-0.3, -0.25) is 4.79 Å². The van der Waals surface area contributed by atoms with Crippen molar-refractivity contribution in [1.29, 1.82) is 0 Å². The number of hydrogen-bond acceptors (Lipinski definition) is 6. The van der Waals surface area contributed by atoms with Gasteiger partial charge in [0.25, 0.3) is 0 Å². The van der Waals surface area contributed by atoms with E-state index in [2.05, 4.69) is 16.6 Å². The number of aryl methyl sites for hydroxylation is 1. The highest BCUT2D eigenvalue weighted by molar-refractivity contribution is 8.00. The lowest BCUT2D eigenvalue weighted by Crippen LogP contribution is -2.29. The Kier molecular flexibility index (Phi) is 6.36. The van der Waals surface area contributed by atoms with Crippen molar-refractivity contribution in [2.45, 2.75) is 50.2 Å². The summed E-state index contributed by atoms with van der Waals surface area (Å²) >= 11 is 3.60. The quantitative estimate of drug-likeness (QED) is 0.737. The number of nitrogens with zero attached hydrogens (tertiary/aromatic N) is 1. The van der Waals surface area contributed by atoms with Crippen LogP contribution in [0, 0.1) is 0 Å². The second-order valence-electron chi connectivity index (χ2n) is 5.40. The van der Waals surface area contributed by atoms with Gasteiger partial charge in [0.2, 0.25) is 0 Å². The van der Waals surface area contributed by atoms with Gasteiger partial charge in [-0.05, 0) is 26.0 Å². The minimum atomic E-state index is -0.146. The molecule has 0 aliphatic heterocycles. The van der Waals surface area contributed by atoms with E-state index >= 15 is 0 Å². The molecule has 1 fully saturated rings. The zero-order chi connectivity index (χ0) is 15.1. The Bertz CT molecular complexity index is 456. The Morgan fingerprint density at radius 1 is 1.52 bits per heavy atom. The number of hydrogen-bond donors (Lipinski definition) is 1. The number of carbonyl (C=O) groups is 1. The monoisotopic (exact) mass is 328 g/mol. The topological polar surface area (TPSA) is 51.2 Å². The van der Waals surface area contributed by atoms with E-state index < -0.39 is 0 Å². The van der Waals surface area contributed by atoms with Crippen LogP contribution in [0.2, 0.25) is 0 Å². The fourth-order valence-corrected chi connectivity index (χ4v) is 4.33. The molecule has 0 bridgehead atoms. The van der Waals surface area contributed by atoms with E-state index in [0.29, 0.717) is 24.2 Å². The number of nitrogens with one attached hydrogen (secondary N) is 1. The smallest absolute Gasteiger partial charge is 0.306 e. The highest BCUT2D eigenvalue weighted by Crippen LogP contribution is 2.40. The second-order valence-corrected chi connectivity index (χ2v) is 7.53. The second kappa shape index (κ2) is 8.03. The first-order valence-electron chi connectivity index (χ1n) is 7.56. The van der Waals surface area contributed by atoms with Crippen LogP contribution in [-0.2, 0) is 16.0 Å². The van der Waals surface area contributed by atoms with Crippen LogP contribution in [0.4, 0.5) is 5.13 Å². The van der Waals surface area contributed by atoms with Crippen molar-refractivity contribution in [3.8, 4) is 0 Å². The van der Waals surface area contributed by atoms with E-state index in [9.17, 15) is 4.79 Å². The summed E-state index contributed by atoms with van der Waals surface area (Å²) in [6, 6.07) is 0. The minimum absolute atomic E-state index is 0.146. The van der Waals surface area contributed by atoms with Crippen LogP contribution in [0.25, 0.3) is 0 Å². The number of thioether (sulfide) groups is 1. The van der Waals surface area contributed by atoms with Crippen LogP contribution >= 0.6 is 23.1 Å². The van der Waals surface area contributed by atoms with Gasteiger partial charge in [0, 0.05) is 23.1 Å². The third kappa shape index (κ3) is 4.88. The van der Waals surface area contributed by atoms with Gasteiger partial charge in [0.05, 0.1) is 18.7 Å². The zero-order valence-electron chi connectivity index (χ0n) is 12.8. The predicted molar refractivity (Wildman–Crippen MR) is 90.3 cm³/mol. The highest BCUT2D eigenvalue weighted by atomic mass is 32.2. The Hall–Kier alpha value is -0.750. The molecule has 4 nitrogen and oxygen atoms in total. The summed E-state index contributed by atoms with van der Waals surface area (Å²) < 4.78 is 5.32. The van der Waals surface area contributed by atoms with Gasteiger partial charge < -0.3 is 10.1 Å². The number of carbonyl (C=O) groups excluding carboxylic acids is 1. The number of thiazole rings is 1. The van der Waals surface area contributed by atoms with E-state index in [4.69, 9.17) is 4.74 Å². The minimum Gasteiger partial charge on any atom is -0.466 e. The van der Waals surface area contributed by atoms with Crippen molar-refractivity contribution in [1.82, 2.24) is 4.98 Å². The normalized spacial score (nSPS) is 16.9. The first-order valence-corrected chi connectivity index (χ1v) is 9.67. The van der Waals surface area contributed by atoms with Crippen molar-refractivity contribution < 1.29 is 9.53 Å². The fourth-order valence-electron chi connectivity index (χ4n) is 2.68. The van der Waals surface area contributed by atoms with E-state index in [-0.39, 0.29) is 5.97 Å². The molecule has 1 aliphatic carbocycles. The van der Waals surface area contributed by atoms with Crippen LogP contribution in [-0.4, -0.2) is 35.1 Å². The molecule has 0 spiro atoms. The Morgan fingerprint density at radius 2 is 2.29 bits per heavy atom. The van der Waals surface area contributed by atoms with Crippen molar-refractivity contribution in [3.05, 3.63) is 11.1 Å². The van der Waals surface area contributed by atoms with Crippen molar-refractivity contribution in [2.75, 3.05) is 24.7 Å². The Morgan fingerprint density at radius 3 is 2.95 bits per heavy atom. The molecule has 118 valence electrons. The summed E-state index contributed by atoms with van der Waals surface area (Å²) in [6.07, 6.45) is 8.54. The molecule has 1 N–H and O–H groups in total. The molecule has 1 aromatic rings. The molecular weight excluding hydrogens is 304 g/mol. The van der Waals surface area contributed by atoms with Gasteiger partial charge in [0.1, 0.15) is 0 Å². The first kappa shape index (κ1) is 16.6. The molecule has 1 aromatic heterocycles. The van der Waals surface area contributed by atoms with Gasteiger partial charge >= 0.3 is 5.97 Å². The van der Waals surface area contributed by atoms with Crippen LogP contribution in [0.15, 0.2) is 5.38 Å². The maximum Gasteiger partial charge on any atom is 0.306 e. The average molecular weight is 329 g/mol. The molecule has 21 heavy (non-hydrogen) atoms. The summed E-state index contributed by atoms with van der Waals surface area (Å²) in [4.78, 5) is 15.9. The highest BCUT2D eigenvalue weighted by Gasteiger charge is 2.32. The van der Waals surface area contributed by atoms with Gasteiger partial charge in [-0.25, -0.2) is 4.98 Å². The fraction of sp³-hybridized carbons (Fsp3) is 0.733. The molecule has 0 saturated heterocycles. The van der Waals surface area contributed by atoms with Crippen molar-refractivity contribution >= 4 is 34.2 Å². The summed E-state index contributed by atoms with van der Waals surface area (Å²) in [5.74, 6) is -0.146. The molecule has 0 amide bonds. The molecule has 0 radical (unpaired) electrons. The van der Waals surface area contributed by atoms with E-state index in [1.807, 2.05) is 24.1 Å². The molecular formula is C15H24N2O2S2. The molecule has 1 heterocycles. The van der Waals surface area contributed by atoms with E-state index in [1.165, 1.54) is 25.7 Å². The van der Waals surface area contributed by atoms with Gasteiger partial charge in [-0.15, -0.1) is 11.3 Å². The van der Waals surface area contributed by atoms with E-state index in [1.54, 1.807) is 11.3 Å². The first-order chi connectivity index (χ1) is 10.2. The summed E-state index contributed by atoms with van der Waals surface area (Å²) in [6.45, 7) is 3.26. The third-order valence-electron chi connectivity index (χ3n) is 3.95. The molecule has 1 aliphatic rings.